The van der Waals surface area contributed by atoms with Gasteiger partial charge < -0.3 is 5.32 Å². The van der Waals surface area contributed by atoms with Crippen LogP contribution in [0.25, 0.3) is 0 Å². The van der Waals surface area contributed by atoms with Crippen LogP contribution in [0.15, 0.2) is 0 Å². The fraction of sp³-hybridized carbons (Fsp3) is 0.929. The highest BCUT2D eigenvalue weighted by atomic mass is 15.2. The summed E-state index contributed by atoms with van der Waals surface area (Å²) in [5.74, 6) is 0.238. The molecule has 98 valence electrons. The van der Waals surface area contributed by atoms with Crippen molar-refractivity contribution >= 4 is 0 Å². The summed E-state index contributed by atoms with van der Waals surface area (Å²) < 4.78 is 0. The van der Waals surface area contributed by atoms with E-state index in [1.54, 1.807) is 0 Å². The molecule has 1 rings (SSSR count). The van der Waals surface area contributed by atoms with Crippen LogP contribution in [0.2, 0.25) is 0 Å². The van der Waals surface area contributed by atoms with Crippen LogP contribution in [0, 0.1) is 17.2 Å². The lowest BCUT2D eigenvalue weighted by Gasteiger charge is -2.31. The molecule has 3 heteroatoms. The highest BCUT2D eigenvalue weighted by Gasteiger charge is 2.26. The predicted octanol–water partition coefficient (Wildman–Crippen LogP) is 2.39. The number of hydrogen-bond acceptors (Lipinski definition) is 3. The Kier molecular flexibility index (Phi) is 5.94. The molecule has 0 aliphatic heterocycles. The van der Waals surface area contributed by atoms with Gasteiger partial charge in [-0.25, -0.2) is 0 Å². The van der Waals surface area contributed by atoms with Crippen molar-refractivity contribution in [2.45, 2.75) is 65.1 Å². The van der Waals surface area contributed by atoms with E-state index >= 15 is 0 Å². The van der Waals surface area contributed by atoms with Gasteiger partial charge in [-0.2, -0.15) is 5.26 Å². The molecule has 0 saturated heterocycles. The molecule has 1 aliphatic carbocycles. The SMILES string of the molecule is CC(C)N(CCNC1CCCC1C#N)C(C)C. The number of rotatable bonds is 6. The van der Waals surface area contributed by atoms with Crippen molar-refractivity contribution in [3.63, 3.8) is 0 Å². The van der Waals surface area contributed by atoms with E-state index in [1.807, 2.05) is 0 Å². The third-order valence-corrected chi connectivity index (χ3v) is 3.78. The van der Waals surface area contributed by atoms with E-state index in [9.17, 15) is 0 Å². The van der Waals surface area contributed by atoms with Gasteiger partial charge in [0.2, 0.25) is 0 Å². The standard InChI is InChI=1S/C14H27N3/c1-11(2)17(12(3)4)9-8-16-14-7-5-6-13(14)10-15/h11-14,16H,5-9H2,1-4H3. The minimum atomic E-state index is 0.238. The minimum Gasteiger partial charge on any atom is -0.311 e. The largest absolute Gasteiger partial charge is 0.311 e. The number of nitriles is 1. The molecule has 0 bridgehead atoms. The third-order valence-electron chi connectivity index (χ3n) is 3.78. The van der Waals surface area contributed by atoms with Crippen LogP contribution in [-0.2, 0) is 0 Å². The fourth-order valence-corrected chi connectivity index (χ4v) is 2.85. The molecule has 0 spiro atoms. The maximum absolute atomic E-state index is 9.02. The molecule has 0 amide bonds. The van der Waals surface area contributed by atoms with E-state index in [2.05, 4.69) is 44.0 Å². The normalized spacial score (nSPS) is 24.8. The number of nitrogens with zero attached hydrogens (tertiary/aromatic N) is 2. The summed E-state index contributed by atoms with van der Waals surface area (Å²) in [4.78, 5) is 2.49. The van der Waals surface area contributed by atoms with Crippen LogP contribution < -0.4 is 5.32 Å². The number of nitrogens with one attached hydrogen (secondary N) is 1. The smallest absolute Gasteiger partial charge is 0.0672 e. The maximum Gasteiger partial charge on any atom is 0.0672 e. The Morgan fingerprint density at radius 1 is 1.24 bits per heavy atom. The first-order valence-electron chi connectivity index (χ1n) is 6.95. The van der Waals surface area contributed by atoms with Gasteiger partial charge in [-0.05, 0) is 40.5 Å². The zero-order valence-corrected chi connectivity index (χ0v) is 11.7. The highest BCUT2D eigenvalue weighted by molar-refractivity contribution is 4.96. The second kappa shape index (κ2) is 6.98. The van der Waals surface area contributed by atoms with Gasteiger partial charge in [0.25, 0.3) is 0 Å². The van der Waals surface area contributed by atoms with E-state index < -0.39 is 0 Å². The van der Waals surface area contributed by atoms with Gasteiger partial charge in [0.15, 0.2) is 0 Å². The summed E-state index contributed by atoms with van der Waals surface area (Å²) in [6, 6.07) is 4.03. The summed E-state index contributed by atoms with van der Waals surface area (Å²) in [5, 5.41) is 12.6. The van der Waals surface area contributed by atoms with Crippen LogP contribution in [0.5, 0.6) is 0 Å². The van der Waals surface area contributed by atoms with Crippen LogP contribution in [0.1, 0.15) is 47.0 Å². The van der Waals surface area contributed by atoms with E-state index in [0.29, 0.717) is 18.1 Å². The van der Waals surface area contributed by atoms with Crippen LogP contribution in [-0.4, -0.2) is 36.1 Å². The van der Waals surface area contributed by atoms with Crippen LogP contribution >= 0.6 is 0 Å². The van der Waals surface area contributed by atoms with Crippen molar-refractivity contribution in [1.29, 1.82) is 5.26 Å². The Bertz CT molecular complexity index is 247. The second-order valence-electron chi connectivity index (χ2n) is 5.65. The molecule has 3 nitrogen and oxygen atoms in total. The van der Waals surface area contributed by atoms with Gasteiger partial charge in [-0.15, -0.1) is 0 Å². The second-order valence-corrected chi connectivity index (χ2v) is 5.65. The van der Waals surface area contributed by atoms with E-state index in [0.717, 1.165) is 19.5 Å². The van der Waals surface area contributed by atoms with Crippen molar-refractivity contribution in [3.05, 3.63) is 0 Å². The van der Waals surface area contributed by atoms with Crippen molar-refractivity contribution in [3.8, 4) is 6.07 Å². The highest BCUT2D eigenvalue weighted by Crippen LogP contribution is 2.24. The Morgan fingerprint density at radius 2 is 1.88 bits per heavy atom. The molecular formula is C14H27N3. The molecule has 0 radical (unpaired) electrons. The van der Waals surface area contributed by atoms with Crippen LogP contribution in [0.4, 0.5) is 0 Å². The van der Waals surface area contributed by atoms with Gasteiger partial charge in [0, 0.05) is 31.2 Å². The maximum atomic E-state index is 9.02. The topological polar surface area (TPSA) is 39.1 Å². The quantitative estimate of drug-likeness (QED) is 0.771. The summed E-state index contributed by atoms with van der Waals surface area (Å²) >= 11 is 0. The molecule has 1 N–H and O–H groups in total. The zero-order chi connectivity index (χ0) is 12.8. The lowest BCUT2D eigenvalue weighted by Crippen LogP contribution is -2.44. The Hall–Kier alpha value is -0.590. The molecule has 2 atom stereocenters. The Labute approximate surface area is 106 Å². The van der Waals surface area contributed by atoms with E-state index in [4.69, 9.17) is 5.26 Å². The molecule has 1 fully saturated rings. The van der Waals surface area contributed by atoms with Gasteiger partial charge >= 0.3 is 0 Å². The Balaban J connectivity index is 2.29. The van der Waals surface area contributed by atoms with E-state index in [-0.39, 0.29) is 5.92 Å². The van der Waals surface area contributed by atoms with Crippen molar-refractivity contribution in [2.24, 2.45) is 5.92 Å². The third kappa shape index (κ3) is 4.29. The first-order chi connectivity index (χ1) is 8.06. The molecule has 1 saturated carbocycles. The van der Waals surface area contributed by atoms with E-state index in [1.165, 1.54) is 12.8 Å². The van der Waals surface area contributed by atoms with Crippen molar-refractivity contribution < 1.29 is 0 Å². The van der Waals surface area contributed by atoms with Crippen molar-refractivity contribution in [2.75, 3.05) is 13.1 Å². The summed E-state index contributed by atoms with van der Waals surface area (Å²) in [6.45, 7) is 11.0. The molecule has 0 aromatic rings. The van der Waals surface area contributed by atoms with Crippen LogP contribution in [0.3, 0.4) is 0 Å². The summed E-state index contributed by atoms with van der Waals surface area (Å²) in [6.07, 6.45) is 3.45. The minimum absolute atomic E-state index is 0.238. The number of hydrogen-bond donors (Lipinski definition) is 1. The molecule has 2 unspecified atom stereocenters. The molecule has 17 heavy (non-hydrogen) atoms. The lowest BCUT2D eigenvalue weighted by atomic mass is 10.1. The first-order valence-corrected chi connectivity index (χ1v) is 6.95. The fourth-order valence-electron chi connectivity index (χ4n) is 2.85. The molecule has 0 aromatic heterocycles. The zero-order valence-electron chi connectivity index (χ0n) is 11.7. The summed E-state index contributed by atoms with van der Waals surface area (Å²) in [5.41, 5.74) is 0. The van der Waals surface area contributed by atoms with Gasteiger partial charge in [-0.1, -0.05) is 6.42 Å². The van der Waals surface area contributed by atoms with Gasteiger partial charge in [0.05, 0.1) is 12.0 Å². The summed E-state index contributed by atoms with van der Waals surface area (Å²) in [7, 11) is 0. The monoisotopic (exact) mass is 237 g/mol. The first kappa shape index (κ1) is 14.5. The molecule has 0 aromatic carbocycles. The Morgan fingerprint density at radius 3 is 2.41 bits per heavy atom. The molecular weight excluding hydrogens is 210 g/mol. The average molecular weight is 237 g/mol. The van der Waals surface area contributed by atoms with Crippen molar-refractivity contribution in [1.82, 2.24) is 10.2 Å². The predicted molar refractivity (Wildman–Crippen MR) is 71.7 cm³/mol. The van der Waals surface area contributed by atoms with Gasteiger partial charge in [0.1, 0.15) is 0 Å². The van der Waals surface area contributed by atoms with Gasteiger partial charge in [-0.3, -0.25) is 4.90 Å². The lowest BCUT2D eigenvalue weighted by molar-refractivity contribution is 0.173. The average Bonchev–Trinajstić information content (AvgIpc) is 2.70. The molecule has 0 heterocycles. The molecule has 1 aliphatic rings.